The van der Waals surface area contributed by atoms with Crippen molar-refractivity contribution >= 4 is 34.0 Å². The largest absolute Gasteiger partial charge is 0.326 e. The molecule has 2 aromatic heterocycles. The van der Waals surface area contributed by atoms with Crippen molar-refractivity contribution in [2.75, 3.05) is 0 Å². The second-order valence-electron chi connectivity index (χ2n) is 4.83. The van der Waals surface area contributed by atoms with E-state index < -0.39 is 0 Å². The summed E-state index contributed by atoms with van der Waals surface area (Å²) < 4.78 is 2.21. The fourth-order valence-electron chi connectivity index (χ4n) is 2.38. The van der Waals surface area contributed by atoms with Gasteiger partial charge < -0.3 is 4.57 Å². The number of halogens is 1. The van der Waals surface area contributed by atoms with Crippen LogP contribution in [0.1, 0.15) is 28.8 Å². The van der Waals surface area contributed by atoms with Gasteiger partial charge in [-0.25, -0.2) is 9.97 Å². The second kappa shape index (κ2) is 5.54. The van der Waals surface area contributed by atoms with E-state index in [0.717, 1.165) is 40.5 Å². The van der Waals surface area contributed by atoms with Gasteiger partial charge in [0.1, 0.15) is 5.82 Å². The Morgan fingerprint density at radius 2 is 2.10 bits per heavy atom. The molecule has 1 unspecified atom stereocenters. The molecule has 104 valence electrons. The Bertz CT molecular complexity index is 730. The molecule has 0 spiro atoms. The standard InChI is InChI=1S/C15H16ClN3S/c1-10(16)15-18-13-5-3-4-6-14(13)19(15)8-7-12-9-20-11(2)17-12/h3-6,9-10H,7-8H2,1-2H3. The first-order valence-corrected chi connectivity index (χ1v) is 7.97. The van der Waals surface area contributed by atoms with Crippen LogP contribution in [0.2, 0.25) is 0 Å². The van der Waals surface area contributed by atoms with Gasteiger partial charge in [-0.15, -0.1) is 22.9 Å². The molecule has 2 heterocycles. The van der Waals surface area contributed by atoms with Crippen LogP contribution in [0.3, 0.4) is 0 Å². The molecule has 5 heteroatoms. The summed E-state index contributed by atoms with van der Waals surface area (Å²) in [7, 11) is 0. The highest BCUT2D eigenvalue weighted by molar-refractivity contribution is 7.09. The average Bonchev–Trinajstić information content (AvgIpc) is 3.00. The normalized spacial score (nSPS) is 12.9. The van der Waals surface area contributed by atoms with E-state index in [-0.39, 0.29) is 5.38 Å². The number of benzene rings is 1. The Balaban J connectivity index is 1.94. The lowest BCUT2D eigenvalue weighted by molar-refractivity contribution is 0.661. The van der Waals surface area contributed by atoms with E-state index in [1.54, 1.807) is 11.3 Å². The number of aryl methyl sites for hydroxylation is 3. The van der Waals surface area contributed by atoms with Gasteiger partial charge in [0.25, 0.3) is 0 Å². The summed E-state index contributed by atoms with van der Waals surface area (Å²) in [5.41, 5.74) is 3.28. The quantitative estimate of drug-likeness (QED) is 0.671. The van der Waals surface area contributed by atoms with Crippen LogP contribution in [0, 0.1) is 6.92 Å². The van der Waals surface area contributed by atoms with Crippen LogP contribution < -0.4 is 0 Å². The molecular formula is C15H16ClN3S. The Hall–Kier alpha value is -1.39. The Morgan fingerprint density at radius 1 is 1.30 bits per heavy atom. The van der Waals surface area contributed by atoms with E-state index in [9.17, 15) is 0 Å². The molecule has 0 saturated heterocycles. The summed E-state index contributed by atoms with van der Waals surface area (Å²) in [6, 6.07) is 8.17. The van der Waals surface area contributed by atoms with Crippen molar-refractivity contribution < 1.29 is 0 Å². The van der Waals surface area contributed by atoms with Crippen LogP contribution in [0.25, 0.3) is 11.0 Å². The van der Waals surface area contributed by atoms with Crippen LogP contribution >= 0.6 is 22.9 Å². The van der Waals surface area contributed by atoms with Crippen molar-refractivity contribution in [1.82, 2.24) is 14.5 Å². The highest BCUT2D eigenvalue weighted by Gasteiger charge is 2.14. The van der Waals surface area contributed by atoms with Gasteiger partial charge in [-0.05, 0) is 26.0 Å². The maximum atomic E-state index is 6.27. The number of nitrogens with zero attached hydrogens (tertiary/aromatic N) is 3. The number of alkyl halides is 1. The zero-order valence-corrected chi connectivity index (χ0v) is 13.1. The number of hydrogen-bond donors (Lipinski definition) is 0. The summed E-state index contributed by atoms with van der Waals surface area (Å²) in [6.07, 6.45) is 0.904. The molecule has 0 aliphatic carbocycles. The summed E-state index contributed by atoms with van der Waals surface area (Å²) in [6.45, 7) is 4.86. The first-order valence-electron chi connectivity index (χ1n) is 6.65. The lowest BCUT2D eigenvalue weighted by Gasteiger charge is -2.09. The van der Waals surface area contributed by atoms with Crippen LogP contribution in [-0.2, 0) is 13.0 Å². The van der Waals surface area contributed by atoms with Crippen molar-refractivity contribution in [2.45, 2.75) is 32.2 Å². The number of imidazole rings is 1. The van der Waals surface area contributed by atoms with Gasteiger partial charge in [0, 0.05) is 18.3 Å². The predicted octanol–water partition coefficient (Wildman–Crippen LogP) is 4.34. The predicted molar refractivity (Wildman–Crippen MR) is 84.6 cm³/mol. The van der Waals surface area contributed by atoms with E-state index in [1.807, 2.05) is 32.0 Å². The van der Waals surface area contributed by atoms with E-state index in [2.05, 4.69) is 26.0 Å². The topological polar surface area (TPSA) is 30.7 Å². The van der Waals surface area contributed by atoms with E-state index in [0.29, 0.717) is 0 Å². The number of rotatable bonds is 4. The van der Waals surface area contributed by atoms with Gasteiger partial charge in [-0.3, -0.25) is 0 Å². The number of hydrogen-bond acceptors (Lipinski definition) is 3. The zero-order chi connectivity index (χ0) is 14.1. The third-order valence-corrected chi connectivity index (χ3v) is 4.32. The van der Waals surface area contributed by atoms with Gasteiger partial charge in [0.15, 0.2) is 0 Å². The third kappa shape index (κ3) is 2.58. The summed E-state index contributed by atoms with van der Waals surface area (Å²) >= 11 is 7.96. The minimum absolute atomic E-state index is 0.0976. The van der Waals surface area contributed by atoms with Crippen LogP contribution in [-0.4, -0.2) is 14.5 Å². The van der Waals surface area contributed by atoms with Crippen molar-refractivity contribution in [3.63, 3.8) is 0 Å². The molecule has 1 aromatic carbocycles. The van der Waals surface area contributed by atoms with Gasteiger partial charge in [0.05, 0.1) is 27.1 Å². The molecule has 0 aliphatic rings. The lowest BCUT2D eigenvalue weighted by atomic mass is 10.3. The Labute approximate surface area is 127 Å². The molecule has 0 saturated carbocycles. The van der Waals surface area contributed by atoms with Crippen LogP contribution in [0.5, 0.6) is 0 Å². The maximum absolute atomic E-state index is 6.27. The second-order valence-corrected chi connectivity index (χ2v) is 6.55. The van der Waals surface area contributed by atoms with Crippen LogP contribution in [0.15, 0.2) is 29.6 Å². The van der Waals surface area contributed by atoms with Crippen molar-refractivity contribution in [3.05, 3.63) is 46.2 Å². The van der Waals surface area contributed by atoms with Gasteiger partial charge >= 0.3 is 0 Å². The number of para-hydroxylation sites is 2. The Kier molecular flexibility index (Phi) is 3.76. The minimum atomic E-state index is -0.0976. The summed E-state index contributed by atoms with van der Waals surface area (Å²) in [4.78, 5) is 9.16. The number of thiazole rings is 1. The first kappa shape index (κ1) is 13.6. The molecule has 0 bridgehead atoms. The van der Waals surface area contributed by atoms with Gasteiger partial charge in [-0.1, -0.05) is 12.1 Å². The fraction of sp³-hybridized carbons (Fsp3) is 0.333. The molecule has 0 amide bonds. The Morgan fingerprint density at radius 3 is 2.80 bits per heavy atom. The highest BCUT2D eigenvalue weighted by atomic mass is 35.5. The molecule has 0 radical (unpaired) electrons. The number of aromatic nitrogens is 3. The summed E-state index contributed by atoms with van der Waals surface area (Å²) in [5, 5.41) is 3.14. The average molecular weight is 306 g/mol. The molecule has 0 N–H and O–H groups in total. The monoisotopic (exact) mass is 305 g/mol. The molecule has 3 nitrogen and oxygen atoms in total. The lowest BCUT2D eigenvalue weighted by Crippen LogP contribution is -2.07. The molecule has 3 aromatic rings. The molecular weight excluding hydrogens is 290 g/mol. The summed E-state index contributed by atoms with van der Waals surface area (Å²) in [5.74, 6) is 0.930. The molecule has 20 heavy (non-hydrogen) atoms. The third-order valence-electron chi connectivity index (χ3n) is 3.30. The van der Waals surface area contributed by atoms with Crippen molar-refractivity contribution in [1.29, 1.82) is 0 Å². The highest BCUT2D eigenvalue weighted by Crippen LogP contribution is 2.25. The van der Waals surface area contributed by atoms with E-state index in [1.165, 1.54) is 0 Å². The van der Waals surface area contributed by atoms with Gasteiger partial charge in [0.2, 0.25) is 0 Å². The van der Waals surface area contributed by atoms with E-state index in [4.69, 9.17) is 11.6 Å². The SMILES string of the molecule is Cc1nc(CCn2c(C(C)Cl)nc3ccccc32)cs1. The zero-order valence-electron chi connectivity index (χ0n) is 11.5. The van der Waals surface area contributed by atoms with Crippen molar-refractivity contribution in [2.24, 2.45) is 0 Å². The fourth-order valence-corrected chi connectivity index (χ4v) is 3.20. The first-order chi connectivity index (χ1) is 9.65. The molecule has 0 fully saturated rings. The van der Waals surface area contributed by atoms with E-state index >= 15 is 0 Å². The number of fused-ring (bicyclic) bond motifs is 1. The smallest absolute Gasteiger partial charge is 0.127 e. The molecule has 3 rings (SSSR count). The minimum Gasteiger partial charge on any atom is -0.326 e. The van der Waals surface area contributed by atoms with Crippen LogP contribution in [0.4, 0.5) is 0 Å². The molecule has 1 atom stereocenters. The van der Waals surface area contributed by atoms with Crippen molar-refractivity contribution in [3.8, 4) is 0 Å². The van der Waals surface area contributed by atoms with Gasteiger partial charge in [-0.2, -0.15) is 0 Å². The molecule has 0 aliphatic heterocycles. The maximum Gasteiger partial charge on any atom is 0.127 e.